The zero-order valence-electron chi connectivity index (χ0n) is 13.6. The van der Waals surface area contributed by atoms with E-state index in [1.165, 1.54) is 37.2 Å². The van der Waals surface area contributed by atoms with Crippen molar-refractivity contribution in [2.24, 2.45) is 7.05 Å². The number of carbonyl (C=O) groups excluding carboxylic acids is 1. The zero-order valence-corrected chi connectivity index (χ0v) is 14.4. The molecule has 1 amide bonds. The Hall–Kier alpha value is -1.66. The minimum Gasteiger partial charge on any atom is -0.351 e. The van der Waals surface area contributed by atoms with Gasteiger partial charge in [-0.1, -0.05) is 6.42 Å². The fourth-order valence-corrected chi connectivity index (χ4v) is 3.93. The Kier molecular flexibility index (Phi) is 5.46. The van der Waals surface area contributed by atoms with Crippen LogP contribution in [0.25, 0.3) is 0 Å². The van der Waals surface area contributed by atoms with Gasteiger partial charge in [-0.15, -0.1) is 11.3 Å². The van der Waals surface area contributed by atoms with E-state index in [-0.39, 0.29) is 5.91 Å². The maximum Gasteiger partial charge on any atom is 0.261 e. The van der Waals surface area contributed by atoms with Crippen molar-refractivity contribution < 1.29 is 4.79 Å². The molecule has 0 aliphatic carbocycles. The minimum absolute atomic E-state index is 0.0297. The Morgan fingerprint density at radius 2 is 2.09 bits per heavy atom. The molecule has 0 saturated carbocycles. The monoisotopic (exact) mass is 332 g/mol. The molecule has 0 radical (unpaired) electrons. The number of hydrogen-bond donors (Lipinski definition) is 1. The fourth-order valence-electron chi connectivity index (χ4n) is 2.96. The Morgan fingerprint density at radius 1 is 1.26 bits per heavy atom. The lowest BCUT2D eigenvalue weighted by molar-refractivity contribution is 0.0958. The number of aromatic nitrogens is 2. The van der Waals surface area contributed by atoms with Crippen LogP contribution in [0.3, 0.4) is 0 Å². The minimum atomic E-state index is 0.0297. The number of thiophene rings is 1. The van der Waals surface area contributed by atoms with Gasteiger partial charge in [-0.05, 0) is 44.1 Å². The number of rotatable bonds is 6. The van der Waals surface area contributed by atoms with Crippen LogP contribution in [-0.4, -0.2) is 40.2 Å². The van der Waals surface area contributed by atoms with Gasteiger partial charge in [0.15, 0.2) is 0 Å². The summed E-state index contributed by atoms with van der Waals surface area (Å²) >= 11 is 1.61. The summed E-state index contributed by atoms with van der Waals surface area (Å²) in [6.45, 7) is 3.99. The second-order valence-corrected chi connectivity index (χ2v) is 7.22. The summed E-state index contributed by atoms with van der Waals surface area (Å²) in [7, 11) is 1.92. The summed E-state index contributed by atoms with van der Waals surface area (Å²) in [4.78, 5) is 16.8. The molecule has 0 spiro atoms. The highest BCUT2D eigenvalue weighted by Gasteiger charge is 2.14. The number of amides is 1. The SMILES string of the molecule is Cn1nccc1CCNC(=O)c1ccc(CN2CCCCC2)s1. The normalized spacial score (nSPS) is 15.7. The third-order valence-electron chi connectivity index (χ3n) is 4.30. The van der Waals surface area contributed by atoms with Crippen LogP contribution < -0.4 is 5.32 Å². The van der Waals surface area contributed by atoms with Crippen LogP contribution in [0.15, 0.2) is 24.4 Å². The molecule has 1 aliphatic rings. The highest BCUT2D eigenvalue weighted by atomic mass is 32.1. The summed E-state index contributed by atoms with van der Waals surface area (Å²) in [5.41, 5.74) is 1.13. The number of aryl methyl sites for hydroxylation is 1. The predicted molar refractivity (Wildman–Crippen MR) is 92.7 cm³/mol. The summed E-state index contributed by atoms with van der Waals surface area (Å²) in [5, 5.41) is 7.13. The molecule has 1 N–H and O–H groups in total. The van der Waals surface area contributed by atoms with E-state index in [4.69, 9.17) is 0 Å². The lowest BCUT2D eigenvalue weighted by Gasteiger charge is -2.25. The average Bonchev–Trinajstić information content (AvgIpc) is 3.18. The number of carbonyl (C=O) groups is 1. The zero-order chi connectivity index (χ0) is 16.1. The molecule has 0 atom stereocenters. The van der Waals surface area contributed by atoms with Crippen molar-refractivity contribution in [1.82, 2.24) is 20.0 Å². The van der Waals surface area contributed by atoms with Crippen LogP contribution in [0.5, 0.6) is 0 Å². The maximum atomic E-state index is 12.2. The third-order valence-corrected chi connectivity index (χ3v) is 5.37. The van der Waals surface area contributed by atoms with E-state index in [9.17, 15) is 4.79 Å². The van der Waals surface area contributed by atoms with E-state index in [0.29, 0.717) is 6.54 Å². The van der Waals surface area contributed by atoms with Crippen molar-refractivity contribution in [3.05, 3.63) is 39.8 Å². The molecule has 5 nitrogen and oxygen atoms in total. The predicted octanol–water partition coefficient (Wildman–Crippen LogP) is 2.44. The Balaban J connectivity index is 1.47. The van der Waals surface area contributed by atoms with E-state index in [1.54, 1.807) is 17.5 Å². The summed E-state index contributed by atoms with van der Waals surface area (Å²) in [6, 6.07) is 6.02. The van der Waals surface area contributed by atoms with Crippen LogP contribution in [0, 0.1) is 0 Å². The van der Waals surface area contributed by atoms with Gasteiger partial charge >= 0.3 is 0 Å². The maximum absolute atomic E-state index is 12.2. The Labute approximate surface area is 141 Å². The van der Waals surface area contributed by atoms with Crippen molar-refractivity contribution in [2.45, 2.75) is 32.2 Å². The van der Waals surface area contributed by atoms with Gasteiger partial charge in [0.25, 0.3) is 5.91 Å². The van der Waals surface area contributed by atoms with Crippen molar-refractivity contribution in [2.75, 3.05) is 19.6 Å². The first kappa shape index (κ1) is 16.2. The van der Waals surface area contributed by atoms with Crippen LogP contribution >= 0.6 is 11.3 Å². The average molecular weight is 332 g/mol. The second-order valence-electron chi connectivity index (χ2n) is 6.05. The topological polar surface area (TPSA) is 50.2 Å². The van der Waals surface area contributed by atoms with Crippen LogP contribution in [-0.2, 0) is 20.0 Å². The summed E-state index contributed by atoms with van der Waals surface area (Å²) in [6.07, 6.45) is 6.53. The molecule has 124 valence electrons. The summed E-state index contributed by atoms with van der Waals surface area (Å²) < 4.78 is 1.84. The van der Waals surface area contributed by atoms with Gasteiger partial charge in [-0.2, -0.15) is 5.10 Å². The number of piperidine rings is 1. The summed E-state index contributed by atoms with van der Waals surface area (Å²) in [5.74, 6) is 0.0297. The smallest absolute Gasteiger partial charge is 0.261 e. The number of hydrogen-bond acceptors (Lipinski definition) is 4. The van der Waals surface area contributed by atoms with E-state index in [1.807, 2.05) is 23.9 Å². The molecule has 1 saturated heterocycles. The van der Waals surface area contributed by atoms with E-state index >= 15 is 0 Å². The molecule has 2 aromatic rings. The van der Waals surface area contributed by atoms with Crippen LogP contribution in [0.4, 0.5) is 0 Å². The molecule has 1 fully saturated rings. The van der Waals surface area contributed by atoms with Gasteiger partial charge in [-0.3, -0.25) is 14.4 Å². The number of likely N-dealkylation sites (tertiary alicyclic amines) is 1. The Bertz CT molecular complexity index is 643. The molecular weight excluding hydrogens is 308 g/mol. The molecule has 1 aliphatic heterocycles. The standard InChI is InChI=1S/C17H24N4OS/c1-20-14(8-10-19-20)7-9-18-17(22)16-6-5-15(23-16)13-21-11-3-2-4-12-21/h5-6,8,10H,2-4,7,9,11-13H2,1H3,(H,18,22). The molecule has 3 heterocycles. The molecule has 0 bridgehead atoms. The largest absolute Gasteiger partial charge is 0.351 e. The van der Waals surface area contributed by atoms with Gasteiger partial charge < -0.3 is 5.32 Å². The van der Waals surface area contributed by atoms with Crippen molar-refractivity contribution in [1.29, 1.82) is 0 Å². The van der Waals surface area contributed by atoms with Gasteiger partial charge in [0.2, 0.25) is 0 Å². The fraction of sp³-hybridized carbons (Fsp3) is 0.529. The first-order valence-corrected chi connectivity index (χ1v) is 9.10. The number of nitrogens with one attached hydrogen (secondary N) is 1. The quantitative estimate of drug-likeness (QED) is 0.884. The molecule has 23 heavy (non-hydrogen) atoms. The number of nitrogens with zero attached hydrogens (tertiary/aromatic N) is 3. The third kappa shape index (κ3) is 4.42. The molecule has 0 aromatic carbocycles. The van der Waals surface area contributed by atoms with Gasteiger partial charge in [0, 0.05) is 43.3 Å². The van der Waals surface area contributed by atoms with Gasteiger partial charge in [0.05, 0.1) is 4.88 Å². The van der Waals surface area contributed by atoms with Crippen molar-refractivity contribution in [3.8, 4) is 0 Å². The van der Waals surface area contributed by atoms with E-state index in [2.05, 4.69) is 21.4 Å². The highest BCUT2D eigenvalue weighted by Crippen LogP contribution is 2.20. The first-order valence-electron chi connectivity index (χ1n) is 8.28. The molecule has 0 unspecified atom stereocenters. The highest BCUT2D eigenvalue weighted by molar-refractivity contribution is 7.14. The van der Waals surface area contributed by atoms with Crippen LogP contribution in [0.2, 0.25) is 0 Å². The van der Waals surface area contributed by atoms with Gasteiger partial charge in [-0.25, -0.2) is 0 Å². The molecule has 2 aromatic heterocycles. The molecular formula is C17H24N4OS. The van der Waals surface area contributed by atoms with Crippen molar-refractivity contribution >= 4 is 17.2 Å². The van der Waals surface area contributed by atoms with E-state index < -0.39 is 0 Å². The van der Waals surface area contributed by atoms with E-state index in [0.717, 1.165) is 23.5 Å². The lowest BCUT2D eigenvalue weighted by atomic mass is 10.1. The van der Waals surface area contributed by atoms with Crippen molar-refractivity contribution in [3.63, 3.8) is 0 Å². The van der Waals surface area contributed by atoms with Crippen LogP contribution in [0.1, 0.15) is 39.5 Å². The first-order chi connectivity index (χ1) is 11.2. The molecule has 6 heteroatoms. The second kappa shape index (κ2) is 7.75. The van der Waals surface area contributed by atoms with Gasteiger partial charge in [0.1, 0.15) is 0 Å². The lowest BCUT2D eigenvalue weighted by Crippen LogP contribution is -2.28. The Morgan fingerprint density at radius 3 is 2.83 bits per heavy atom. The molecule has 3 rings (SSSR count).